The Bertz CT molecular complexity index is 1400. The molecule has 5 atom stereocenters. The lowest BCUT2D eigenvalue weighted by molar-refractivity contribution is -0.870. The first-order valence-corrected chi connectivity index (χ1v) is 24.2. The summed E-state index contributed by atoms with van der Waals surface area (Å²) in [5.41, 5.74) is 0. The molecule has 0 aromatic heterocycles. The van der Waals surface area contributed by atoms with Crippen LogP contribution < -0.4 is 4.89 Å². The van der Waals surface area contributed by atoms with Crippen molar-refractivity contribution in [3.63, 3.8) is 0 Å². The number of ketones is 1. The first-order valence-electron chi connectivity index (χ1n) is 22.7. The number of aliphatic hydroxyl groups excluding tert-OH is 1. The number of carbonyl (C=O) groups is 3. The molecule has 0 saturated carbocycles. The molecule has 0 radical (unpaired) electrons. The van der Waals surface area contributed by atoms with Gasteiger partial charge in [-0.15, -0.1) is 0 Å². The van der Waals surface area contributed by atoms with Crippen molar-refractivity contribution in [2.45, 2.75) is 154 Å². The van der Waals surface area contributed by atoms with Crippen LogP contribution in [0.5, 0.6) is 0 Å². The van der Waals surface area contributed by atoms with Crippen LogP contribution in [0.3, 0.4) is 0 Å². The van der Waals surface area contributed by atoms with Gasteiger partial charge in [0.25, 0.3) is 7.82 Å². The summed E-state index contributed by atoms with van der Waals surface area (Å²) in [5, 5.41) is 10.2. The number of rotatable bonds is 37. The van der Waals surface area contributed by atoms with E-state index in [0.29, 0.717) is 49.6 Å². The molecule has 0 amide bonds. The molecule has 0 spiro atoms. The second-order valence-corrected chi connectivity index (χ2v) is 18.1. The SMILES string of the molecule is CCCCCCCC/C=C\C/C=C\C/C=C\CCCC(=O)OC[C@H](COP(=O)([O-])OCC[N+](C)(C)C)OC(=O)CCC/C=C\C[C@H]1C=CC(=O)[C@@H]1/C=C/[C@@H](O)CCCCC. The quantitative estimate of drug-likeness (QED) is 0.0210. The number of hydrogen-bond donors (Lipinski definition) is 1. The summed E-state index contributed by atoms with van der Waals surface area (Å²) in [4.78, 5) is 50.1. The maximum atomic E-state index is 12.8. The third-order valence-corrected chi connectivity index (χ3v) is 10.9. The third kappa shape index (κ3) is 31.9. The first-order chi connectivity index (χ1) is 28.8. The van der Waals surface area contributed by atoms with E-state index in [-0.39, 0.29) is 43.7 Å². The maximum absolute atomic E-state index is 12.8. The summed E-state index contributed by atoms with van der Waals surface area (Å²) in [5.74, 6) is -1.31. The molecule has 1 rings (SSSR count). The van der Waals surface area contributed by atoms with Gasteiger partial charge in [-0.05, 0) is 76.2 Å². The lowest BCUT2D eigenvalue weighted by Gasteiger charge is -2.28. The summed E-state index contributed by atoms with van der Waals surface area (Å²) in [7, 11) is 1.01. The molecule has 0 saturated heterocycles. The van der Waals surface area contributed by atoms with Gasteiger partial charge in [-0.3, -0.25) is 18.9 Å². The van der Waals surface area contributed by atoms with Crippen LogP contribution in [0.25, 0.3) is 0 Å². The Labute approximate surface area is 363 Å². The van der Waals surface area contributed by atoms with Crippen LogP contribution in [-0.4, -0.2) is 87.0 Å². The highest BCUT2D eigenvalue weighted by Gasteiger charge is 2.27. The van der Waals surface area contributed by atoms with Crippen LogP contribution in [0.1, 0.15) is 142 Å². The van der Waals surface area contributed by atoms with Crippen molar-refractivity contribution < 1.29 is 52.0 Å². The fraction of sp³-hybridized carbons (Fsp3) is 0.688. The smallest absolute Gasteiger partial charge is 0.306 e. The Morgan fingerprint density at radius 1 is 0.783 bits per heavy atom. The normalized spacial score (nSPS) is 18.1. The van der Waals surface area contributed by atoms with Crippen molar-refractivity contribution in [1.29, 1.82) is 0 Å². The minimum atomic E-state index is -4.70. The number of likely N-dealkylation sites (N-methyl/N-ethyl adjacent to an activating group) is 1. The molecule has 0 bridgehead atoms. The Kier molecular flexibility index (Phi) is 31.8. The lowest BCUT2D eigenvalue weighted by atomic mass is 9.90. The first kappa shape index (κ1) is 55.1. The zero-order chi connectivity index (χ0) is 44.3. The van der Waals surface area contributed by atoms with Crippen molar-refractivity contribution in [1.82, 2.24) is 0 Å². The van der Waals surface area contributed by atoms with E-state index in [0.717, 1.165) is 38.5 Å². The van der Waals surface area contributed by atoms with E-state index in [1.807, 2.05) is 51.5 Å². The third-order valence-electron chi connectivity index (χ3n) is 9.95. The topological polar surface area (TPSA) is 148 Å². The van der Waals surface area contributed by atoms with Gasteiger partial charge in [0.2, 0.25) is 0 Å². The number of aliphatic hydroxyl groups is 1. The highest BCUT2D eigenvalue weighted by Crippen LogP contribution is 2.38. The fourth-order valence-corrected chi connectivity index (χ4v) is 6.98. The van der Waals surface area contributed by atoms with Gasteiger partial charge in [0.05, 0.1) is 33.9 Å². The number of nitrogens with zero attached hydrogens (tertiary/aromatic N) is 1. The van der Waals surface area contributed by atoms with Gasteiger partial charge in [-0.1, -0.05) is 132 Å². The molecule has 0 aromatic carbocycles. The minimum Gasteiger partial charge on any atom is -0.756 e. The van der Waals surface area contributed by atoms with E-state index < -0.39 is 38.6 Å². The molecule has 1 aliphatic rings. The largest absolute Gasteiger partial charge is 0.756 e. The summed E-state index contributed by atoms with van der Waals surface area (Å²) in [6.07, 6.45) is 40.0. The Morgan fingerprint density at radius 3 is 2.03 bits per heavy atom. The van der Waals surface area contributed by atoms with Crippen molar-refractivity contribution in [3.05, 3.63) is 72.9 Å². The molecule has 0 aliphatic heterocycles. The van der Waals surface area contributed by atoms with Gasteiger partial charge >= 0.3 is 11.9 Å². The number of ether oxygens (including phenoxy) is 2. The number of unbranched alkanes of at least 4 members (excludes halogenated alkanes) is 10. The van der Waals surface area contributed by atoms with E-state index in [4.69, 9.17) is 18.5 Å². The molecular formula is C48H80NO10P. The standard InChI is InChI=1S/C48H80NO10P/c1-6-8-10-11-12-13-14-15-16-17-18-19-20-21-22-23-28-32-47(52)56-40-44(41-58-60(54,55)57-39-38-49(3,4)5)59-48(53)33-29-25-24-27-30-42-34-37-46(51)45(42)36-35-43(50)31-26-9-7-2/h15-16,18-19,21-22,24,27,34-37,42-45,50H,6-14,17,20,23,25-26,28-33,38-41H2,1-5H3/b16-15-,19-18-,22-21-,27-24-,36-35+/t42-,43-,44+,45+/m0/s1. The minimum absolute atomic E-state index is 0.00984. The van der Waals surface area contributed by atoms with Gasteiger partial charge < -0.3 is 33.0 Å². The van der Waals surface area contributed by atoms with Crippen LogP contribution in [0.15, 0.2) is 72.9 Å². The highest BCUT2D eigenvalue weighted by atomic mass is 31.2. The summed E-state index contributed by atoms with van der Waals surface area (Å²) < 4.78 is 33.8. The second-order valence-electron chi connectivity index (χ2n) is 16.7. The van der Waals surface area contributed by atoms with Crippen molar-refractivity contribution in [3.8, 4) is 0 Å². The van der Waals surface area contributed by atoms with Gasteiger partial charge in [0.15, 0.2) is 11.9 Å². The van der Waals surface area contributed by atoms with E-state index in [1.54, 1.807) is 12.2 Å². The van der Waals surface area contributed by atoms with Crippen LogP contribution in [-0.2, 0) is 37.5 Å². The molecule has 0 aromatic rings. The van der Waals surface area contributed by atoms with E-state index in [1.165, 1.54) is 38.5 Å². The fourth-order valence-electron chi connectivity index (χ4n) is 6.25. The highest BCUT2D eigenvalue weighted by molar-refractivity contribution is 7.45. The number of hydrogen-bond acceptors (Lipinski definition) is 10. The summed E-state index contributed by atoms with van der Waals surface area (Å²) in [6, 6.07) is 0. The Morgan fingerprint density at radius 2 is 1.37 bits per heavy atom. The molecule has 0 heterocycles. The number of allylic oxidation sites excluding steroid dienone is 11. The molecule has 0 fully saturated rings. The molecular weight excluding hydrogens is 781 g/mol. The average Bonchev–Trinajstić information content (AvgIpc) is 3.55. The second kappa shape index (κ2) is 34.6. The molecule has 11 nitrogen and oxygen atoms in total. The predicted octanol–water partition coefficient (Wildman–Crippen LogP) is 10.0. The number of phosphoric acid groups is 1. The van der Waals surface area contributed by atoms with Crippen LogP contribution in [0.2, 0.25) is 0 Å². The van der Waals surface area contributed by atoms with Crippen molar-refractivity contribution >= 4 is 25.5 Å². The van der Waals surface area contributed by atoms with Crippen molar-refractivity contribution in [2.75, 3.05) is 47.5 Å². The average molecular weight is 862 g/mol. The molecule has 1 aliphatic carbocycles. The Balaban J connectivity index is 2.50. The monoisotopic (exact) mass is 862 g/mol. The van der Waals surface area contributed by atoms with Crippen LogP contribution >= 0.6 is 7.82 Å². The molecule has 60 heavy (non-hydrogen) atoms. The zero-order valence-corrected chi connectivity index (χ0v) is 38.6. The molecule has 1 N–H and O–H groups in total. The number of quaternary nitrogens is 1. The van der Waals surface area contributed by atoms with Gasteiger partial charge in [0.1, 0.15) is 19.8 Å². The zero-order valence-electron chi connectivity index (χ0n) is 37.7. The van der Waals surface area contributed by atoms with E-state index in [9.17, 15) is 28.9 Å². The van der Waals surface area contributed by atoms with Crippen LogP contribution in [0.4, 0.5) is 0 Å². The number of esters is 2. The van der Waals surface area contributed by atoms with Crippen LogP contribution in [0, 0.1) is 11.8 Å². The predicted molar refractivity (Wildman–Crippen MR) is 240 cm³/mol. The molecule has 342 valence electrons. The summed E-state index contributed by atoms with van der Waals surface area (Å²) in [6.45, 7) is 3.81. The maximum Gasteiger partial charge on any atom is 0.306 e. The van der Waals surface area contributed by atoms with E-state index >= 15 is 0 Å². The van der Waals surface area contributed by atoms with Gasteiger partial charge in [-0.2, -0.15) is 0 Å². The number of carbonyl (C=O) groups excluding carboxylic acids is 3. The molecule has 1 unspecified atom stereocenters. The Hall–Kier alpha value is -2.92. The number of phosphoric ester groups is 1. The van der Waals surface area contributed by atoms with E-state index in [2.05, 4.69) is 44.2 Å². The van der Waals surface area contributed by atoms with Crippen molar-refractivity contribution in [2.24, 2.45) is 11.8 Å². The molecule has 12 heteroatoms. The van der Waals surface area contributed by atoms with Gasteiger partial charge in [-0.25, -0.2) is 0 Å². The lowest BCUT2D eigenvalue weighted by Crippen LogP contribution is -2.37. The summed E-state index contributed by atoms with van der Waals surface area (Å²) >= 11 is 0. The van der Waals surface area contributed by atoms with Gasteiger partial charge in [0, 0.05) is 18.8 Å².